The van der Waals surface area contributed by atoms with Crippen LogP contribution in [0.4, 0.5) is 0 Å². The molecule has 0 N–H and O–H groups in total. The van der Waals surface area contributed by atoms with Gasteiger partial charge in [-0.2, -0.15) is 0 Å². The molecule has 0 spiro atoms. The van der Waals surface area contributed by atoms with Gasteiger partial charge < -0.3 is 0 Å². The number of hydrogen-bond acceptors (Lipinski definition) is 3. The highest BCUT2D eigenvalue weighted by Gasteiger charge is 2.25. The van der Waals surface area contributed by atoms with E-state index in [9.17, 15) is 0 Å². The number of nitrogens with zero attached hydrogens (tertiary/aromatic N) is 3. The van der Waals surface area contributed by atoms with Gasteiger partial charge in [0, 0.05) is 48.3 Å². The molecule has 44 heavy (non-hydrogen) atoms. The topological polar surface area (TPSA) is 30.7 Å². The van der Waals surface area contributed by atoms with Gasteiger partial charge in [0.25, 0.3) is 0 Å². The Labute approximate surface area is 257 Å². The van der Waals surface area contributed by atoms with Crippen molar-refractivity contribution < 1.29 is 0 Å². The molecule has 0 saturated carbocycles. The molecule has 0 fully saturated rings. The molecular weight excluding hydrogens is 555 g/mol. The molecule has 4 heteroatoms. The van der Waals surface area contributed by atoms with Crippen LogP contribution in [-0.2, 0) is 0 Å². The van der Waals surface area contributed by atoms with Gasteiger partial charge in [-0.25, -0.2) is 9.97 Å². The molecule has 1 aliphatic rings. The second kappa shape index (κ2) is 8.96. The van der Waals surface area contributed by atoms with E-state index in [1.807, 2.05) is 17.5 Å². The fourth-order valence-corrected chi connectivity index (χ4v) is 8.29. The van der Waals surface area contributed by atoms with Gasteiger partial charge in [-0.1, -0.05) is 115 Å². The Hall–Kier alpha value is -5.58. The highest BCUT2D eigenvalue weighted by atomic mass is 32.1. The highest BCUT2D eigenvalue weighted by Crippen LogP contribution is 2.47. The van der Waals surface area contributed by atoms with Gasteiger partial charge in [-0.3, -0.25) is 4.57 Å². The van der Waals surface area contributed by atoms with Crippen LogP contribution in [0.5, 0.6) is 0 Å². The average molecular weight is 578 g/mol. The van der Waals surface area contributed by atoms with Crippen molar-refractivity contribution in [3.05, 3.63) is 140 Å². The molecule has 3 nitrogen and oxygen atoms in total. The minimum atomic E-state index is 0.680. The Morgan fingerprint density at radius 3 is 1.75 bits per heavy atom. The normalized spacial score (nSPS) is 12.1. The van der Waals surface area contributed by atoms with E-state index < -0.39 is 0 Å². The maximum atomic E-state index is 5.50. The molecule has 0 aliphatic heterocycles. The molecule has 0 unspecified atom stereocenters. The Bertz CT molecular complexity index is 2620. The van der Waals surface area contributed by atoms with Crippen LogP contribution in [0.2, 0.25) is 0 Å². The molecule has 0 radical (unpaired) electrons. The molecular formula is C40H23N3S. The van der Waals surface area contributed by atoms with Crippen LogP contribution in [0.1, 0.15) is 0 Å². The first-order valence-electron chi connectivity index (χ1n) is 14.8. The quantitative estimate of drug-likeness (QED) is 0.194. The maximum Gasteiger partial charge on any atom is 0.235 e. The summed E-state index contributed by atoms with van der Waals surface area (Å²) in [5.41, 5.74) is 11.3. The third-order valence-corrected chi connectivity index (χ3v) is 10.2. The summed E-state index contributed by atoms with van der Waals surface area (Å²) in [7, 11) is 0. The van der Waals surface area contributed by atoms with Crippen molar-refractivity contribution in [3.63, 3.8) is 0 Å². The Kier molecular flexibility index (Phi) is 4.87. The van der Waals surface area contributed by atoms with Gasteiger partial charge >= 0.3 is 0 Å². The van der Waals surface area contributed by atoms with Crippen LogP contribution in [0.25, 0.3) is 92.6 Å². The van der Waals surface area contributed by atoms with E-state index in [0.717, 1.165) is 33.4 Å². The SMILES string of the molecule is c1ccc2c(c1)-c1ccccc1-c1cnc(-n3c4ccccc4c4ccc5sc6ccccc6c5c43)nc1-c1ccccc1-2. The molecule has 3 heterocycles. The van der Waals surface area contributed by atoms with Gasteiger partial charge in [0.15, 0.2) is 0 Å². The number of para-hydroxylation sites is 1. The van der Waals surface area contributed by atoms with Gasteiger partial charge in [0.1, 0.15) is 0 Å². The van der Waals surface area contributed by atoms with E-state index in [1.54, 1.807) is 0 Å². The summed E-state index contributed by atoms with van der Waals surface area (Å²) < 4.78 is 4.84. The summed E-state index contributed by atoms with van der Waals surface area (Å²) in [5.74, 6) is 0.680. The first-order chi connectivity index (χ1) is 21.8. The van der Waals surface area contributed by atoms with Crippen molar-refractivity contribution in [2.45, 2.75) is 0 Å². The summed E-state index contributed by atoms with van der Waals surface area (Å²) in [6.07, 6.45) is 2.04. The molecule has 9 aromatic rings. The highest BCUT2D eigenvalue weighted by molar-refractivity contribution is 7.26. The van der Waals surface area contributed by atoms with Crippen LogP contribution in [-0.4, -0.2) is 14.5 Å². The third kappa shape index (κ3) is 3.20. The number of benzene rings is 6. The molecule has 10 rings (SSSR count). The molecule has 3 aromatic heterocycles. The lowest BCUT2D eigenvalue weighted by atomic mass is 9.83. The average Bonchev–Trinajstić information content (AvgIpc) is 3.63. The first kappa shape index (κ1) is 23.9. The molecule has 0 saturated heterocycles. The van der Waals surface area contributed by atoms with Crippen LogP contribution in [0.3, 0.4) is 0 Å². The fourth-order valence-electron chi connectivity index (χ4n) is 7.19. The maximum absolute atomic E-state index is 5.50. The summed E-state index contributed by atoms with van der Waals surface area (Å²) in [4.78, 5) is 10.7. The second-order valence-corrected chi connectivity index (χ2v) is 12.4. The second-order valence-electron chi connectivity index (χ2n) is 11.4. The monoisotopic (exact) mass is 577 g/mol. The lowest BCUT2D eigenvalue weighted by Gasteiger charge is -2.22. The van der Waals surface area contributed by atoms with Crippen molar-refractivity contribution in [1.29, 1.82) is 0 Å². The minimum absolute atomic E-state index is 0.680. The molecule has 0 atom stereocenters. The number of rotatable bonds is 1. The van der Waals surface area contributed by atoms with Crippen molar-refractivity contribution >= 4 is 53.3 Å². The Balaban J connectivity index is 1.36. The lowest BCUT2D eigenvalue weighted by molar-refractivity contribution is 0.996. The van der Waals surface area contributed by atoms with Crippen molar-refractivity contribution in [3.8, 4) is 50.6 Å². The molecule has 6 aromatic carbocycles. The van der Waals surface area contributed by atoms with Crippen LogP contribution < -0.4 is 0 Å². The predicted molar refractivity (Wildman–Crippen MR) is 185 cm³/mol. The zero-order valence-electron chi connectivity index (χ0n) is 23.5. The van der Waals surface area contributed by atoms with E-state index in [2.05, 4.69) is 138 Å². The van der Waals surface area contributed by atoms with Gasteiger partial charge in [0.05, 0.1) is 16.7 Å². The Morgan fingerprint density at radius 2 is 1.02 bits per heavy atom. The zero-order valence-corrected chi connectivity index (χ0v) is 24.3. The van der Waals surface area contributed by atoms with E-state index in [0.29, 0.717) is 5.95 Å². The fraction of sp³-hybridized carbons (Fsp3) is 0. The Morgan fingerprint density at radius 1 is 0.455 bits per heavy atom. The number of fused-ring (bicyclic) bond motifs is 15. The van der Waals surface area contributed by atoms with E-state index >= 15 is 0 Å². The molecule has 1 aliphatic carbocycles. The summed E-state index contributed by atoms with van der Waals surface area (Å²) in [6.45, 7) is 0. The van der Waals surface area contributed by atoms with Crippen molar-refractivity contribution in [2.75, 3.05) is 0 Å². The van der Waals surface area contributed by atoms with Crippen LogP contribution in [0.15, 0.2) is 140 Å². The molecule has 0 amide bonds. The summed E-state index contributed by atoms with van der Waals surface area (Å²) in [5, 5.41) is 4.94. The molecule has 0 bridgehead atoms. The lowest BCUT2D eigenvalue weighted by Crippen LogP contribution is -2.05. The standard InChI is InChI=1S/C40H23N3S/c1-2-12-25-24(11-1)26-13-3-4-15-28(26)33-23-41-40(42-38(33)30-17-6-5-14-27(25)30)43-34-19-9-7-16-29(34)31-21-22-36-37(39(31)43)32-18-8-10-20-35(32)44-36/h1-23H. The third-order valence-electron chi connectivity index (χ3n) is 9.06. The van der Waals surface area contributed by atoms with E-state index in [-0.39, 0.29) is 0 Å². The smallest absolute Gasteiger partial charge is 0.235 e. The van der Waals surface area contributed by atoms with E-state index in [4.69, 9.17) is 9.97 Å². The number of hydrogen-bond donors (Lipinski definition) is 0. The molecule has 204 valence electrons. The number of thiophene rings is 1. The zero-order chi connectivity index (χ0) is 28.8. The van der Waals surface area contributed by atoms with Gasteiger partial charge in [-0.05, 0) is 46.0 Å². The summed E-state index contributed by atoms with van der Waals surface area (Å²) >= 11 is 1.84. The van der Waals surface area contributed by atoms with Crippen molar-refractivity contribution in [1.82, 2.24) is 14.5 Å². The van der Waals surface area contributed by atoms with E-state index in [1.165, 1.54) is 53.2 Å². The number of aromatic nitrogens is 3. The first-order valence-corrected chi connectivity index (χ1v) is 15.7. The van der Waals surface area contributed by atoms with Crippen LogP contribution >= 0.6 is 11.3 Å². The summed E-state index contributed by atoms with van der Waals surface area (Å²) in [6, 6.07) is 47.9. The van der Waals surface area contributed by atoms with Crippen molar-refractivity contribution in [2.24, 2.45) is 0 Å². The largest absolute Gasteiger partial charge is 0.277 e. The van der Waals surface area contributed by atoms with Gasteiger partial charge in [-0.15, -0.1) is 11.3 Å². The predicted octanol–water partition coefficient (Wildman–Crippen LogP) is 10.9. The van der Waals surface area contributed by atoms with Crippen LogP contribution in [0, 0.1) is 0 Å². The van der Waals surface area contributed by atoms with Gasteiger partial charge in [0.2, 0.25) is 5.95 Å². The minimum Gasteiger partial charge on any atom is -0.277 e.